The van der Waals surface area contributed by atoms with Crippen LogP contribution < -0.4 is 10.5 Å². The second-order valence-corrected chi connectivity index (χ2v) is 7.45. The third kappa shape index (κ3) is 3.85. The molecule has 0 spiro atoms. The van der Waals surface area contributed by atoms with Crippen molar-refractivity contribution in [2.75, 3.05) is 20.2 Å². The third-order valence-electron chi connectivity index (χ3n) is 3.14. The van der Waals surface area contributed by atoms with Gasteiger partial charge in [0.25, 0.3) is 0 Å². The van der Waals surface area contributed by atoms with E-state index in [4.69, 9.17) is 10.5 Å². The van der Waals surface area contributed by atoms with Crippen LogP contribution in [0.1, 0.15) is 12.8 Å². The van der Waals surface area contributed by atoms with Crippen LogP contribution in [0.3, 0.4) is 0 Å². The number of rotatable bonds is 3. The van der Waals surface area contributed by atoms with Gasteiger partial charge in [-0.15, -0.1) is 12.4 Å². The minimum atomic E-state index is -3.51. The fraction of sp³-hybridized carbons (Fsp3) is 0.500. The highest BCUT2D eigenvalue weighted by Gasteiger charge is 2.29. The van der Waals surface area contributed by atoms with Crippen molar-refractivity contribution in [3.05, 3.63) is 22.7 Å². The monoisotopic (exact) mass is 384 g/mol. The van der Waals surface area contributed by atoms with Crippen LogP contribution in [-0.2, 0) is 10.0 Å². The molecule has 1 aliphatic rings. The Bertz CT molecular complexity index is 568. The first kappa shape index (κ1) is 17.7. The molecule has 2 rings (SSSR count). The standard InChI is InChI=1S/C12H17BrN2O3S.ClH/c1-18-11-5-9(13)6-12(7-11)19(16,17)15-4-2-3-10(14)8-15;/h5-7,10H,2-4,8,14H2,1H3;1H. The van der Waals surface area contributed by atoms with E-state index in [-0.39, 0.29) is 23.3 Å². The average molecular weight is 386 g/mol. The van der Waals surface area contributed by atoms with E-state index in [1.54, 1.807) is 12.1 Å². The second-order valence-electron chi connectivity index (χ2n) is 4.59. The summed E-state index contributed by atoms with van der Waals surface area (Å²) in [6.45, 7) is 0.891. The van der Waals surface area contributed by atoms with E-state index >= 15 is 0 Å². The van der Waals surface area contributed by atoms with Gasteiger partial charge in [0.15, 0.2) is 0 Å². The summed E-state index contributed by atoms with van der Waals surface area (Å²) in [7, 11) is -2.00. The molecule has 0 aromatic heterocycles. The summed E-state index contributed by atoms with van der Waals surface area (Å²) < 4.78 is 32.3. The first-order valence-corrected chi connectivity index (χ1v) is 8.27. The molecule has 8 heteroatoms. The number of hydrogen-bond donors (Lipinski definition) is 1. The molecule has 2 N–H and O–H groups in total. The molecule has 0 radical (unpaired) electrons. The Kier molecular flexibility index (Phi) is 6.27. The van der Waals surface area contributed by atoms with Gasteiger partial charge in [-0.25, -0.2) is 8.42 Å². The van der Waals surface area contributed by atoms with Gasteiger partial charge in [-0.05, 0) is 25.0 Å². The quantitative estimate of drug-likeness (QED) is 0.863. The Morgan fingerprint density at radius 1 is 1.40 bits per heavy atom. The third-order valence-corrected chi connectivity index (χ3v) is 5.44. The molecule has 114 valence electrons. The summed E-state index contributed by atoms with van der Waals surface area (Å²) in [4.78, 5) is 0.229. The number of hydrogen-bond acceptors (Lipinski definition) is 4. The van der Waals surface area contributed by atoms with Gasteiger partial charge in [-0.1, -0.05) is 15.9 Å². The summed E-state index contributed by atoms with van der Waals surface area (Å²) in [6.07, 6.45) is 1.67. The lowest BCUT2D eigenvalue weighted by Gasteiger charge is -2.30. The molecule has 1 aromatic rings. The molecule has 1 aliphatic heterocycles. The molecule has 1 unspecified atom stereocenters. The Morgan fingerprint density at radius 3 is 2.70 bits per heavy atom. The van der Waals surface area contributed by atoms with Gasteiger partial charge in [0.2, 0.25) is 10.0 Å². The first-order valence-electron chi connectivity index (χ1n) is 6.04. The van der Waals surface area contributed by atoms with Gasteiger partial charge >= 0.3 is 0 Å². The van der Waals surface area contributed by atoms with Gasteiger partial charge in [-0.3, -0.25) is 0 Å². The second kappa shape index (κ2) is 7.09. The van der Waals surface area contributed by atoms with E-state index in [9.17, 15) is 8.42 Å². The van der Waals surface area contributed by atoms with Crippen LogP contribution in [0.2, 0.25) is 0 Å². The number of ether oxygens (including phenoxy) is 1. The Labute approximate surface area is 134 Å². The maximum atomic E-state index is 12.5. The zero-order chi connectivity index (χ0) is 14.0. The summed E-state index contributed by atoms with van der Waals surface area (Å²) in [6, 6.07) is 4.75. The number of methoxy groups -OCH3 is 1. The van der Waals surface area contributed by atoms with Crippen LogP contribution in [-0.4, -0.2) is 39.0 Å². The fourth-order valence-corrected chi connectivity index (χ4v) is 4.37. The lowest BCUT2D eigenvalue weighted by Crippen LogP contribution is -2.45. The van der Waals surface area contributed by atoms with Crippen molar-refractivity contribution in [3.8, 4) is 5.75 Å². The number of benzene rings is 1. The smallest absolute Gasteiger partial charge is 0.243 e. The summed E-state index contributed by atoms with van der Waals surface area (Å²) in [5.74, 6) is 0.509. The van der Waals surface area contributed by atoms with Gasteiger partial charge in [0.05, 0.1) is 12.0 Å². The Morgan fingerprint density at radius 2 is 2.10 bits per heavy atom. The lowest BCUT2D eigenvalue weighted by molar-refractivity contribution is 0.316. The number of piperidine rings is 1. The average Bonchev–Trinajstić information content (AvgIpc) is 2.38. The van der Waals surface area contributed by atoms with Crippen molar-refractivity contribution >= 4 is 38.4 Å². The van der Waals surface area contributed by atoms with Gasteiger partial charge in [-0.2, -0.15) is 4.31 Å². The molecule has 5 nitrogen and oxygen atoms in total. The molecule has 1 aromatic carbocycles. The Hall–Kier alpha value is -0.340. The van der Waals surface area contributed by atoms with Crippen LogP contribution in [0.15, 0.2) is 27.6 Å². The molecule has 1 saturated heterocycles. The van der Waals surface area contributed by atoms with E-state index in [1.165, 1.54) is 17.5 Å². The molecule has 0 amide bonds. The van der Waals surface area contributed by atoms with Crippen molar-refractivity contribution in [2.24, 2.45) is 5.73 Å². The molecular weight excluding hydrogens is 368 g/mol. The molecule has 0 bridgehead atoms. The minimum absolute atomic E-state index is 0. The largest absolute Gasteiger partial charge is 0.497 e. The topological polar surface area (TPSA) is 72.6 Å². The van der Waals surface area contributed by atoms with Crippen molar-refractivity contribution in [3.63, 3.8) is 0 Å². The molecule has 1 atom stereocenters. The highest BCUT2D eigenvalue weighted by Crippen LogP contribution is 2.27. The van der Waals surface area contributed by atoms with Crippen molar-refractivity contribution in [1.29, 1.82) is 0 Å². The molecule has 1 fully saturated rings. The summed E-state index contributed by atoms with van der Waals surface area (Å²) in [5.41, 5.74) is 5.85. The number of nitrogens with two attached hydrogens (primary N) is 1. The van der Waals surface area contributed by atoms with Gasteiger partial charge < -0.3 is 10.5 Å². The van der Waals surface area contributed by atoms with E-state index in [2.05, 4.69) is 15.9 Å². The maximum Gasteiger partial charge on any atom is 0.243 e. The number of sulfonamides is 1. The van der Waals surface area contributed by atoms with Crippen LogP contribution >= 0.6 is 28.3 Å². The highest BCUT2D eigenvalue weighted by atomic mass is 79.9. The van der Waals surface area contributed by atoms with Crippen LogP contribution in [0.25, 0.3) is 0 Å². The lowest BCUT2D eigenvalue weighted by atomic mass is 10.1. The highest BCUT2D eigenvalue weighted by molar-refractivity contribution is 9.10. The molecule has 0 saturated carbocycles. The number of halogens is 2. The predicted octanol–water partition coefficient (Wildman–Crippen LogP) is 1.99. The number of nitrogens with zero attached hydrogens (tertiary/aromatic N) is 1. The van der Waals surface area contributed by atoms with E-state index < -0.39 is 10.0 Å². The molecular formula is C12H18BrClN2O3S. The van der Waals surface area contributed by atoms with Crippen LogP contribution in [0.5, 0.6) is 5.75 Å². The van der Waals surface area contributed by atoms with Gasteiger partial charge in [0.1, 0.15) is 5.75 Å². The van der Waals surface area contributed by atoms with E-state index in [0.29, 0.717) is 23.3 Å². The minimum Gasteiger partial charge on any atom is -0.497 e. The molecule has 20 heavy (non-hydrogen) atoms. The van der Waals surface area contributed by atoms with E-state index in [0.717, 1.165) is 12.8 Å². The molecule has 1 heterocycles. The van der Waals surface area contributed by atoms with Crippen LogP contribution in [0.4, 0.5) is 0 Å². The van der Waals surface area contributed by atoms with E-state index in [1.807, 2.05) is 0 Å². The first-order chi connectivity index (χ1) is 8.93. The zero-order valence-electron chi connectivity index (χ0n) is 11.1. The molecule has 0 aliphatic carbocycles. The van der Waals surface area contributed by atoms with Crippen molar-refractivity contribution < 1.29 is 13.2 Å². The maximum absolute atomic E-state index is 12.5. The SMILES string of the molecule is COc1cc(Br)cc(S(=O)(=O)N2CCCC(N)C2)c1.Cl. The van der Waals surface area contributed by atoms with Crippen LogP contribution in [0, 0.1) is 0 Å². The van der Waals surface area contributed by atoms with Crippen molar-refractivity contribution in [2.45, 2.75) is 23.8 Å². The van der Waals surface area contributed by atoms with Crippen molar-refractivity contribution in [1.82, 2.24) is 4.31 Å². The fourth-order valence-electron chi connectivity index (χ4n) is 2.15. The summed E-state index contributed by atoms with van der Waals surface area (Å²) in [5, 5.41) is 0. The predicted molar refractivity (Wildman–Crippen MR) is 83.9 cm³/mol. The Balaban J connectivity index is 0.00000200. The summed E-state index contributed by atoms with van der Waals surface area (Å²) >= 11 is 3.29. The zero-order valence-corrected chi connectivity index (χ0v) is 14.3. The normalized spacial score (nSPS) is 20.2. The van der Waals surface area contributed by atoms with Gasteiger partial charge in [0, 0.05) is 29.7 Å².